The van der Waals surface area contributed by atoms with E-state index in [1.807, 2.05) is 0 Å². The summed E-state index contributed by atoms with van der Waals surface area (Å²) in [6, 6.07) is 4.38. The third-order valence-corrected chi connectivity index (χ3v) is 7.28. The average molecular weight is 464 g/mol. The molecule has 0 aliphatic rings. The number of halogens is 4. The van der Waals surface area contributed by atoms with Crippen LogP contribution in [0.2, 0.25) is 5.02 Å². The van der Waals surface area contributed by atoms with Gasteiger partial charge in [-0.25, -0.2) is 26.5 Å². The lowest BCUT2D eigenvalue weighted by Crippen LogP contribution is -2.37. The van der Waals surface area contributed by atoms with Crippen LogP contribution in [-0.2, 0) is 26.5 Å². The van der Waals surface area contributed by atoms with Gasteiger partial charge in [0.15, 0.2) is 5.13 Å². The van der Waals surface area contributed by atoms with E-state index < -0.39 is 32.1 Å². The Bertz CT molecular complexity index is 1040. The van der Waals surface area contributed by atoms with Crippen LogP contribution in [0.15, 0.2) is 28.5 Å². The number of nitrogens with one attached hydrogen (secondary N) is 2. The van der Waals surface area contributed by atoms with E-state index in [-0.39, 0.29) is 27.2 Å². The van der Waals surface area contributed by atoms with Crippen LogP contribution in [0.4, 0.5) is 18.3 Å². The molecule has 1 aromatic carbocycles. The van der Waals surface area contributed by atoms with Crippen LogP contribution < -0.4 is 9.44 Å². The number of thiazole rings is 1. The summed E-state index contributed by atoms with van der Waals surface area (Å²) in [4.78, 5) is 3.90. The van der Waals surface area contributed by atoms with Crippen molar-refractivity contribution >= 4 is 48.1 Å². The van der Waals surface area contributed by atoms with Crippen molar-refractivity contribution in [2.45, 2.75) is 23.7 Å². The first-order valence-electron chi connectivity index (χ1n) is 7.12. The molecule has 0 aliphatic carbocycles. The van der Waals surface area contributed by atoms with Crippen molar-refractivity contribution in [3.63, 3.8) is 0 Å². The molecule has 150 valence electrons. The fourth-order valence-corrected chi connectivity index (χ4v) is 4.94. The van der Waals surface area contributed by atoms with E-state index in [0.29, 0.717) is 5.56 Å². The highest BCUT2D eigenvalue weighted by Crippen LogP contribution is 2.26. The second-order valence-corrected chi connectivity index (χ2v) is 9.88. The van der Waals surface area contributed by atoms with Crippen LogP contribution in [0.5, 0.6) is 0 Å². The first-order chi connectivity index (χ1) is 12.3. The number of sulfonamides is 2. The second-order valence-electron chi connectivity index (χ2n) is 5.21. The van der Waals surface area contributed by atoms with Gasteiger partial charge in [0.05, 0.1) is 10.6 Å². The molecular formula is C13H13ClF3N3O4S3. The lowest BCUT2D eigenvalue weighted by molar-refractivity contribution is -0.0447. The number of anilines is 1. The van der Waals surface area contributed by atoms with Crippen LogP contribution in [-0.4, -0.2) is 33.9 Å². The van der Waals surface area contributed by atoms with Crippen LogP contribution >= 0.6 is 22.9 Å². The maximum Gasteiger partial charge on any atom is 0.511 e. The van der Waals surface area contributed by atoms with Crippen LogP contribution in [0.25, 0.3) is 0 Å². The Balaban J connectivity index is 2.05. The molecule has 0 atom stereocenters. The van der Waals surface area contributed by atoms with Gasteiger partial charge in [-0.05, 0) is 24.6 Å². The molecule has 1 aromatic heterocycles. The first-order valence-corrected chi connectivity index (χ1v) is 11.3. The van der Waals surface area contributed by atoms with E-state index in [2.05, 4.69) is 9.71 Å². The average Bonchev–Trinajstić information content (AvgIpc) is 2.95. The maximum absolute atomic E-state index is 12.4. The number of hydrogen-bond donors (Lipinski definition) is 2. The summed E-state index contributed by atoms with van der Waals surface area (Å²) in [5.41, 5.74) is -4.82. The van der Waals surface area contributed by atoms with Gasteiger partial charge in [-0.1, -0.05) is 17.7 Å². The molecule has 14 heteroatoms. The quantitative estimate of drug-likeness (QED) is 0.656. The van der Waals surface area contributed by atoms with Gasteiger partial charge < -0.3 is 0 Å². The summed E-state index contributed by atoms with van der Waals surface area (Å²) in [5, 5.41) is 1.67. The molecule has 2 N–H and O–H groups in total. The molecule has 2 aromatic rings. The molecule has 7 nitrogen and oxygen atoms in total. The maximum atomic E-state index is 12.4. The number of alkyl halides is 3. The number of hydrogen-bond acceptors (Lipinski definition) is 6. The lowest BCUT2D eigenvalue weighted by atomic mass is 10.2. The Morgan fingerprint density at radius 2 is 1.89 bits per heavy atom. The zero-order chi connectivity index (χ0) is 20.5. The van der Waals surface area contributed by atoms with Crippen molar-refractivity contribution in [3.8, 4) is 0 Å². The van der Waals surface area contributed by atoms with Gasteiger partial charge in [0.25, 0.3) is 10.0 Å². The minimum Gasteiger partial charge on any atom is -0.255 e. The van der Waals surface area contributed by atoms with Crippen LogP contribution in [0, 0.1) is 6.92 Å². The number of rotatable bonds is 7. The monoisotopic (exact) mass is 463 g/mol. The van der Waals surface area contributed by atoms with Gasteiger partial charge in [0.1, 0.15) is 0 Å². The summed E-state index contributed by atoms with van der Waals surface area (Å²) in [7, 11) is -9.40. The molecule has 2 rings (SSSR count). The smallest absolute Gasteiger partial charge is 0.255 e. The van der Waals surface area contributed by atoms with Crippen molar-refractivity contribution in [1.29, 1.82) is 0 Å². The third-order valence-electron chi connectivity index (χ3n) is 3.26. The number of nitrogens with zero attached hydrogens (tertiary/aromatic N) is 1. The second kappa shape index (κ2) is 7.91. The highest BCUT2D eigenvalue weighted by molar-refractivity contribution is 7.93. The molecule has 0 amide bonds. The Morgan fingerprint density at radius 3 is 2.52 bits per heavy atom. The number of aromatic nitrogens is 1. The van der Waals surface area contributed by atoms with Crippen molar-refractivity contribution in [3.05, 3.63) is 39.9 Å². The molecule has 0 radical (unpaired) electrons. The Morgan fingerprint density at radius 1 is 1.22 bits per heavy atom. The molecule has 1 heterocycles. The van der Waals surface area contributed by atoms with Crippen molar-refractivity contribution in [1.82, 2.24) is 9.71 Å². The Hall–Kier alpha value is -1.41. The topological polar surface area (TPSA) is 105 Å². The zero-order valence-electron chi connectivity index (χ0n) is 13.5. The molecule has 0 spiro atoms. The van der Waals surface area contributed by atoms with E-state index in [4.69, 9.17) is 11.6 Å². The highest BCUT2D eigenvalue weighted by Gasteiger charge is 2.45. The van der Waals surface area contributed by atoms with Gasteiger partial charge >= 0.3 is 15.5 Å². The van der Waals surface area contributed by atoms with Crippen molar-refractivity contribution in [2.75, 3.05) is 11.3 Å². The normalized spacial score (nSPS) is 12.9. The summed E-state index contributed by atoms with van der Waals surface area (Å²) in [5.74, 6) is 0. The van der Waals surface area contributed by atoms with Gasteiger partial charge in [-0.2, -0.15) is 13.2 Å². The summed E-state index contributed by atoms with van der Waals surface area (Å²) < 4.78 is 87.0. The molecule has 0 fully saturated rings. The minimum absolute atomic E-state index is 0.0111. The number of benzene rings is 1. The highest BCUT2D eigenvalue weighted by atomic mass is 35.5. The van der Waals surface area contributed by atoms with Crippen molar-refractivity contribution < 1.29 is 30.0 Å². The van der Waals surface area contributed by atoms with Gasteiger partial charge in [-0.15, -0.1) is 11.3 Å². The SMILES string of the molecule is Cc1c(Cl)cccc1S(=O)(=O)Nc1nc(CCNS(=O)(=O)C(F)(F)F)cs1. The molecule has 0 unspecified atom stereocenters. The summed E-state index contributed by atoms with van der Waals surface area (Å²) in [6.07, 6.45) is -0.149. The summed E-state index contributed by atoms with van der Waals surface area (Å²) >= 11 is 6.82. The van der Waals surface area contributed by atoms with Gasteiger partial charge in [0, 0.05) is 23.4 Å². The van der Waals surface area contributed by atoms with Crippen LogP contribution in [0.1, 0.15) is 11.3 Å². The van der Waals surface area contributed by atoms with E-state index in [1.165, 1.54) is 29.2 Å². The van der Waals surface area contributed by atoms with E-state index >= 15 is 0 Å². The molecule has 0 aliphatic heterocycles. The van der Waals surface area contributed by atoms with Crippen LogP contribution in [0.3, 0.4) is 0 Å². The minimum atomic E-state index is -5.43. The third kappa shape index (κ3) is 5.31. The Kier molecular flexibility index (Phi) is 6.41. The molecule has 0 bridgehead atoms. The molecule has 0 saturated heterocycles. The predicted octanol–water partition coefficient (Wildman–Crippen LogP) is 2.89. The predicted molar refractivity (Wildman–Crippen MR) is 95.8 cm³/mol. The zero-order valence-corrected chi connectivity index (χ0v) is 16.7. The van der Waals surface area contributed by atoms with E-state index in [1.54, 1.807) is 6.07 Å². The molecule has 27 heavy (non-hydrogen) atoms. The lowest BCUT2D eigenvalue weighted by Gasteiger charge is -2.09. The summed E-state index contributed by atoms with van der Waals surface area (Å²) in [6.45, 7) is 1.00. The fraction of sp³-hybridized carbons (Fsp3) is 0.308. The largest absolute Gasteiger partial charge is 0.511 e. The standard InChI is InChI=1S/C13H13ClF3N3O4S3/c1-8-10(14)3-2-4-11(8)26(21,22)20-12-19-9(7-25-12)5-6-18-27(23,24)13(15,16)17/h2-4,7,18H,5-6H2,1H3,(H,19,20). The Labute approximate surface area is 162 Å². The van der Waals surface area contributed by atoms with Crippen molar-refractivity contribution in [2.24, 2.45) is 0 Å². The van der Waals surface area contributed by atoms with E-state index in [0.717, 1.165) is 11.3 Å². The molecule has 0 saturated carbocycles. The van der Waals surface area contributed by atoms with E-state index in [9.17, 15) is 30.0 Å². The first kappa shape index (κ1) is 21.9. The fourth-order valence-electron chi connectivity index (χ4n) is 1.91. The van der Waals surface area contributed by atoms with Gasteiger partial charge in [0.2, 0.25) is 0 Å². The van der Waals surface area contributed by atoms with Gasteiger partial charge in [-0.3, -0.25) is 4.72 Å². The molecular weight excluding hydrogens is 451 g/mol.